The second kappa shape index (κ2) is 4.96. The molecule has 18 heavy (non-hydrogen) atoms. The lowest BCUT2D eigenvalue weighted by Crippen LogP contribution is -1.94. The van der Waals surface area contributed by atoms with Crippen LogP contribution in [0.25, 0.3) is 0 Å². The second-order valence-electron chi connectivity index (χ2n) is 3.69. The van der Waals surface area contributed by atoms with Crippen LogP contribution in [0.1, 0.15) is 15.9 Å². The van der Waals surface area contributed by atoms with Gasteiger partial charge < -0.3 is 4.74 Å². The van der Waals surface area contributed by atoms with E-state index in [2.05, 4.69) is 6.07 Å². The van der Waals surface area contributed by atoms with Gasteiger partial charge in [0, 0.05) is 5.56 Å². The summed E-state index contributed by atoms with van der Waals surface area (Å²) in [6.45, 7) is 1.42. The van der Waals surface area contributed by atoms with E-state index < -0.39 is 11.6 Å². The van der Waals surface area contributed by atoms with E-state index in [9.17, 15) is 13.6 Å². The number of ether oxygens (including phenoxy) is 1. The van der Waals surface area contributed by atoms with Crippen LogP contribution in [-0.2, 0) is 0 Å². The largest absolute Gasteiger partial charge is 0.454 e. The van der Waals surface area contributed by atoms with E-state index in [4.69, 9.17) is 4.74 Å². The maximum atomic E-state index is 13.5. The zero-order valence-electron chi connectivity index (χ0n) is 9.54. The Kier molecular flexibility index (Phi) is 3.37. The Balaban J connectivity index is 2.28. The molecule has 0 amide bonds. The number of hydrogen-bond donors (Lipinski definition) is 0. The summed E-state index contributed by atoms with van der Waals surface area (Å²) in [5, 5.41) is 0. The predicted octanol–water partition coefficient (Wildman–Crippen LogP) is 3.68. The van der Waals surface area contributed by atoms with Crippen molar-refractivity contribution in [2.24, 2.45) is 0 Å². The standard InChI is InChI=1S/C14H9F2O2/c1-9-2-7-12(14(16)13(9)15)18-11-5-3-10(8-17)4-6-11/h3-8H,1H3. The van der Waals surface area contributed by atoms with Crippen LogP contribution in [0.5, 0.6) is 11.5 Å². The first kappa shape index (κ1) is 12.2. The molecule has 0 fully saturated rings. The number of aldehydes is 1. The minimum Gasteiger partial charge on any atom is -0.454 e. The van der Waals surface area contributed by atoms with Crippen molar-refractivity contribution in [1.29, 1.82) is 0 Å². The predicted molar refractivity (Wildman–Crippen MR) is 61.8 cm³/mol. The van der Waals surface area contributed by atoms with E-state index in [0.29, 0.717) is 17.6 Å². The molecule has 2 aromatic carbocycles. The molecule has 91 valence electrons. The Hall–Kier alpha value is -2.23. The summed E-state index contributed by atoms with van der Waals surface area (Å²) in [6.07, 6.45) is 0.684. The molecule has 0 aromatic heterocycles. The van der Waals surface area contributed by atoms with Crippen LogP contribution in [-0.4, -0.2) is 6.29 Å². The molecule has 0 heterocycles. The number of carbonyl (C=O) groups is 1. The molecule has 0 aliphatic carbocycles. The summed E-state index contributed by atoms with van der Waals surface area (Å²) in [7, 11) is 0. The first-order chi connectivity index (χ1) is 8.61. The van der Waals surface area contributed by atoms with E-state index in [0.717, 1.165) is 0 Å². The Labute approximate surface area is 103 Å². The van der Waals surface area contributed by atoms with Gasteiger partial charge in [0.15, 0.2) is 11.6 Å². The fourth-order valence-electron chi connectivity index (χ4n) is 1.39. The molecule has 0 saturated carbocycles. The molecule has 0 N–H and O–H groups in total. The molecular weight excluding hydrogens is 238 g/mol. The van der Waals surface area contributed by atoms with Crippen molar-refractivity contribution in [3.63, 3.8) is 0 Å². The number of rotatable bonds is 3. The van der Waals surface area contributed by atoms with Crippen LogP contribution < -0.4 is 4.74 Å². The molecule has 0 bridgehead atoms. The third-order valence-corrected chi connectivity index (χ3v) is 2.40. The maximum Gasteiger partial charge on any atom is 0.201 e. The zero-order chi connectivity index (χ0) is 13.1. The Morgan fingerprint density at radius 3 is 2.44 bits per heavy atom. The molecule has 0 atom stereocenters. The van der Waals surface area contributed by atoms with Crippen molar-refractivity contribution in [3.05, 3.63) is 59.2 Å². The van der Waals surface area contributed by atoms with Crippen LogP contribution in [0.3, 0.4) is 0 Å². The second-order valence-corrected chi connectivity index (χ2v) is 3.69. The normalized spacial score (nSPS) is 10.2. The fourth-order valence-corrected chi connectivity index (χ4v) is 1.39. The van der Waals surface area contributed by atoms with Gasteiger partial charge in [-0.1, -0.05) is 0 Å². The van der Waals surface area contributed by atoms with Gasteiger partial charge in [-0.05, 0) is 48.9 Å². The third-order valence-electron chi connectivity index (χ3n) is 2.40. The first-order valence-corrected chi connectivity index (χ1v) is 5.21. The van der Waals surface area contributed by atoms with Gasteiger partial charge in [-0.3, -0.25) is 4.79 Å². The molecular formula is C14H9F2O2. The summed E-state index contributed by atoms with van der Waals surface area (Å²) in [5.74, 6) is -1.95. The van der Waals surface area contributed by atoms with Gasteiger partial charge in [0.2, 0.25) is 5.82 Å². The van der Waals surface area contributed by atoms with Crippen molar-refractivity contribution in [1.82, 2.24) is 0 Å². The molecule has 1 radical (unpaired) electrons. The average molecular weight is 247 g/mol. The monoisotopic (exact) mass is 247 g/mol. The molecule has 0 aliphatic rings. The molecule has 2 aromatic rings. The van der Waals surface area contributed by atoms with Crippen molar-refractivity contribution in [2.75, 3.05) is 0 Å². The Bertz CT molecular complexity index is 577. The van der Waals surface area contributed by atoms with E-state index in [1.807, 2.05) is 0 Å². The zero-order valence-corrected chi connectivity index (χ0v) is 9.54. The number of aryl methyl sites for hydroxylation is 1. The van der Waals surface area contributed by atoms with Gasteiger partial charge in [0.1, 0.15) is 12.0 Å². The average Bonchev–Trinajstić information content (AvgIpc) is 2.40. The highest BCUT2D eigenvalue weighted by molar-refractivity contribution is 5.74. The van der Waals surface area contributed by atoms with Crippen LogP contribution >= 0.6 is 0 Å². The summed E-state index contributed by atoms with van der Waals surface area (Å²) < 4.78 is 32.0. The van der Waals surface area contributed by atoms with E-state index in [1.54, 1.807) is 0 Å². The molecule has 0 spiro atoms. The minimum absolute atomic E-state index is 0.0937. The van der Waals surface area contributed by atoms with Crippen molar-refractivity contribution < 1.29 is 18.3 Å². The van der Waals surface area contributed by atoms with Gasteiger partial charge >= 0.3 is 0 Å². The highest BCUT2D eigenvalue weighted by Gasteiger charge is 2.12. The molecule has 2 nitrogen and oxygen atoms in total. The van der Waals surface area contributed by atoms with Crippen molar-refractivity contribution in [3.8, 4) is 11.5 Å². The van der Waals surface area contributed by atoms with Gasteiger partial charge in [-0.25, -0.2) is 4.39 Å². The van der Waals surface area contributed by atoms with Crippen LogP contribution in [0, 0.1) is 24.6 Å². The summed E-state index contributed by atoms with van der Waals surface area (Å²) >= 11 is 0. The Morgan fingerprint density at radius 1 is 1.17 bits per heavy atom. The van der Waals surface area contributed by atoms with Crippen LogP contribution in [0.15, 0.2) is 30.3 Å². The molecule has 0 aliphatic heterocycles. The first-order valence-electron chi connectivity index (χ1n) is 5.21. The van der Waals surface area contributed by atoms with Crippen LogP contribution in [0.2, 0.25) is 0 Å². The van der Waals surface area contributed by atoms with Crippen molar-refractivity contribution >= 4 is 6.29 Å². The minimum atomic E-state index is -1.05. The smallest absolute Gasteiger partial charge is 0.201 e. The quantitative estimate of drug-likeness (QED) is 0.773. The lowest BCUT2D eigenvalue weighted by atomic mass is 10.2. The number of halogens is 2. The van der Waals surface area contributed by atoms with E-state index in [1.165, 1.54) is 37.3 Å². The lowest BCUT2D eigenvalue weighted by molar-refractivity contribution is 0.112. The summed E-state index contributed by atoms with van der Waals surface area (Å²) in [5.41, 5.74) is 0.570. The van der Waals surface area contributed by atoms with Gasteiger partial charge in [-0.15, -0.1) is 0 Å². The summed E-state index contributed by atoms with van der Waals surface area (Å²) in [6, 6.07) is 9.84. The van der Waals surface area contributed by atoms with E-state index >= 15 is 0 Å². The SMILES string of the molecule is Cc1[c]cc(Oc2ccc(C=O)cc2)c(F)c1F. The number of benzene rings is 2. The third kappa shape index (κ3) is 2.37. The lowest BCUT2D eigenvalue weighted by Gasteiger charge is -2.08. The van der Waals surface area contributed by atoms with Crippen molar-refractivity contribution in [2.45, 2.75) is 6.92 Å². The van der Waals surface area contributed by atoms with Gasteiger partial charge in [0.05, 0.1) is 0 Å². The van der Waals surface area contributed by atoms with E-state index in [-0.39, 0.29) is 11.3 Å². The fraction of sp³-hybridized carbons (Fsp3) is 0.0714. The molecule has 4 heteroatoms. The maximum absolute atomic E-state index is 13.5. The van der Waals surface area contributed by atoms with Gasteiger partial charge in [0.25, 0.3) is 0 Å². The highest BCUT2D eigenvalue weighted by atomic mass is 19.2. The molecule has 2 rings (SSSR count). The number of hydrogen-bond acceptors (Lipinski definition) is 2. The molecule has 0 saturated heterocycles. The summed E-state index contributed by atoms with van der Waals surface area (Å²) in [4.78, 5) is 10.5. The highest BCUT2D eigenvalue weighted by Crippen LogP contribution is 2.27. The number of carbonyl (C=O) groups excluding carboxylic acids is 1. The van der Waals surface area contributed by atoms with Gasteiger partial charge in [-0.2, -0.15) is 4.39 Å². The van der Waals surface area contributed by atoms with Crippen LogP contribution in [0.4, 0.5) is 8.78 Å². The molecule has 0 unspecified atom stereocenters. The Morgan fingerprint density at radius 2 is 1.83 bits per heavy atom. The topological polar surface area (TPSA) is 26.3 Å².